The molecule has 0 spiro atoms. The maximum absolute atomic E-state index is 13.9. The summed E-state index contributed by atoms with van der Waals surface area (Å²) in [7, 11) is 1.67. The second kappa shape index (κ2) is 21.5. The van der Waals surface area contributed by atoms with Gasteiger partial charge in [-0.2, -0.15) is 0 Å². The Morgan fingerprint density at radius 1 is 0.898 bits per heavy atom. The van der Waals surface area contributed by atoms with Crippen LogP contribution < -0.4 is 19.7 Å². The van der Waals surface area contributed by atoms with E-state index in [1.54, 1.807) is 19.6 Å². The molecule has 1 fully saturated rings. The lowest BCUT2D eigenvalue weighted by Crippen LogP contribution is -2.46. The number of aryl methyl sites for hydroxylation is 1. The smallest absolute Gasteiger partial charge is 0.322 e. The zero-order chi connectivity index (χ0) is 32.1. The molecule has 0 atom stereocenters. The molecule has 268 valence electrons. The number of piperazine rings is 1. The molecule has 49 heavy (non-hydrogen) atoms. The van der Waals surface area contributed by atoms with E-state index in [1.807, 2.05) is 52.9 Å². The first-order chi connectivity index (χ1) is 22.6. The molecule has 1 aromatic heterocycles. The van der Waals surface area contributed by atoms with Crippen LogP contribution in [-0.4, -0.2) is 78.4 Å². The average molecular weight is 734 g/mol. The van der Waals surface area contributed by atoms with Crippen LogP contribution in [0.4, 0.5) is 16.2 Å². The number of ether oxygens (including phenoxy) is 2. The fourth-order valence-corrected chi connectivity index (χ4v) is 5.92. The number of methoxy groups -OCH3 is 1. The molecular weight excluding hydrogens is 683 g/mol. The molecule has 1 aliphatic heterocycles. The molecule has 1 N–H and O–H groups in total. The van der Waals surface area contributed by atoms with E-state index in [1.165, 1.54) is 5.69 Å². The highest BCUT2D eigenvalue weighted by Gasteiger charge is 2.20. The molecule has 0 bridgehead atoms. The Hall–Kier alpha value is -3.63. The Morgan fingerprint density at radius 3 is 2.37 bits per heavy atom. The molecule has 0 saturated carbocycles. The van der Waals surface area contributed by atoms with E-state index in [-0.39, 0.29) is 43.3 Å². The van der Waals surface area contributed by atoms with Gasteiger partial charge in [0.2, 0.25) is 0 Å². The summed E-state index contributed by atoms with van der Waals surface area (Å²) in [5.41, 5.74) is 4.89. The number of amides is 2. The van der Waals surface area contributed by atoms with Gasteiger partial charge in [0, 0.05) is 68.6 Å². The fraction of sp³-hybridized carbons (Fsp3) is 0.405. The number of rotatable bonds is 15. The first-order valence-corrected chi connectivity index (χ1v) is 16.5. The number of halogens is 3. The Morgan fingerprint density at radius 2 is 1.67 bits per heavy atom. The van der Waals surface area contributed by atoms with Crippen molar-refractivity contribution >= 4 is 54.6 Å². The van der Waals surface area contributed by atoms with Crippen LogP contribution in [0.25, 0.3) is 5.69 Å². The van der Waals surface area contributed by atoms with Crippen molar-refractivity contribution in [2.24, 2.45) is 0 Å². The monoisotopic (exact) mass is 732 g/mol. The highest BCUT2D eigenvalue weighted by Crippen LogP contribution is 2.30. The van der Waals surface area contributed by atoms with Crippen LogP contribution in [-0.2, 0) is 6.54 Å². The summed E-state index contributed by atoms with van der Waals surface area (Å²) in [5.74, 6) is 1.45. The maximum atomic E-state index is 13.9. The van der Waals surface area contributed by atoms with Crippen LogP contribution in [0, 0.1) is 6.92 Å². The Kier molecular flexibility index (Phi) is 18.2. The van der Waals surface area contributed by atoms with Crippen molar-refractivity contribution in [3.8, 4) is 17.2 Å². The van der Waals surface area contributed by atoms with Gasteiger partial charge in [0.05, 0.1) is 32.3 Å². The molecule has 4 aromatic rings. The molecule has 0 aliphatic carbocycles. The van der Waals surface area contributed by atoms with Gasteiger partial charge < -0.3 is 29.2 Å². The minimum Gasteiger partial charge on any atom is -0.496 e. The Balaban J connectivity index is 0.00000278. The summed E-state index contributed by atoms with van der Waals surface area (Å²) in [6.45, 7) is 11.0. The number of carbonyl (C=O) groups excluding carboxylic acids is 1. The second-order valence-corrected chi connectivity index (χ2v) is 11.8. The topological polar surface area (TPSA) is 75.1 Å². The molecule has 1 saturated heterocycles. The van der Waals surface area contributed by atoms with E-state index in [4.69, 9.17) is 9.47 Å². The van der Waals surface area contributed by atoms with Crippen LogP contribution >= 0.6 is 37.2 Å². The van der Waals surface area contributed by atoms with E-state index in [2.05, 4.69) is 63.4 Å². The summed E-state index contributed by atoms with van der Waals surface area (Å²) in [4.78, 5) is 24.9. The van der Waals surface area contributed by atoms with Gasteiger partial charge >= 0.3 is 6.03 Å². The van der Waals surface area contributed by atoms with E-state index in [9.17, 15) is 4.79 Å². The molecule has 9 nitrogen and oxygen atoms in total. The molecule has 2 heterocycles. The summed E-state index contributed by atoms with van der Waals surface area (Å²) >= 11 is 0. The number of carbonyl (C=O) groups is 1. The van der Waals surface area contributed by atoms with Gasteiger partial charge in [-0.3, -0.25) is 4.90 Å². The van der Waals surface area contributed by atoms with Crippen molar-refractivity contribution in [2.45, 2.75) is 46.1 Å². The van der Waals surface area contributed by atoms with Crippen molar-refractivity contribution in [3.05, 3.63) is 96.6 Å². The lowest BCUT2D eigenvalue weighted by Gasteiger charge is -2.36. The van der Waals surface area contributed by atoms with Crippen molar-refractivity contribution in [3.63, 3.8) is 0 Å². The standard InChI is InChI=1S/C37H48N6O3.3ClH/c1-4-5-9-20-42(28-31-27-33(16-17-34(31)45-3)43-21-18-38-29-43)37(44)39-36-30(2)12-10-15-35(36)46-26-11-19-40-22-24-41(25-23-40)32-13-7-6-8-14-32;;;/h6-8,10,12-18,21,27,29H,4-5,9,11,19-20,22-26,28H2,1-3H3,(H,39,44);3*1H. The number of urea groups is 1. The van der Waals surface area contributed by atoms with Gasteiger partial charge in [0.15, 0.2) is 0 Å². The lowest BCUT2D eigenvalue weighted by atomic mass is 10.1. The van der Waals surface area contributed by atoms with Crippen molar-refractivity contribution < 1.29 is 14.3 Å². The molecule has 2 amide bonds. The van der Waals surface area contributed by atoms with Crippen molar-refractivity contribution in [2.75, 3.05) is 63.2 Å². The normalized spacial score (nSPS) is 12.6. The van der Waals surface area contributed by atoms with E-state index in [0.29, 0.717) is 25.4 Å². The molecule has 0 unspecified atom stereocenters. The first-order valence-electron chi connectivity index (χ1n) is 16.5. The number of nitrogens with zero attached hydrogens (tertiary/aromatic N) is 5. The zero-order valence-electron chi connectivity index (χ0n) is 28.8. The number of unbranched alkanes of at least 4 members (excludes halogenated alkanes) is 2. The highest BCUT2D eigenvalue weighted by molar-refractivity contribution is 5.92. The quantitative estimate of drug-likeness (QED) is 0.124. The van der Waals surface area contributed by atoms with Crippen LogP contribution in [0.15, 0.2) is 85.5 Å². The number of hydrogen-bond acceptors (Lipinski definition) is 6. The largest absolute Gasteiger partial charge is 0.496 e. The number of anilines is 2. The Labute approximate surface area is 310 Å². The molecule has 12 heteroatoms. The summed E-state index contributed by atoms with van der Waals surface area (Å²) in [5, 5.41) is 3.21. The third kappa shape index (κ3) is 11.7. The zero-order valence-corrected chi connectivity index (χ0v) is 31.2. The minimum atomic E-state index is -0.151. The summed E-state index contributed by atoms with van der Waals surface area (Å²) in [6.07, 6.45) is 9.39. The van der Waals surface area contributed by atoms with Gasteiger partial charge in [0.1, 0.15) is 11.5 Å². The van der Waals surface area contributed by atoms with Crippen LogP contribution in [0.2, 0.25) is 0 Å². The van der Waals surface area contributed by atoms with Gasteiger partial charge in [-0.15, -0.1) is 37.2 Å². The maximum Gasteiger partial charge on any atom is 0.322 e. The van der Waals surface area contributed by atoms with Crippen LogP contribution in [0.3, 0.4) is 0 Å². The van der Waals surface area contributed by atoms with Crippen LogP contribution in [0.5, 0.6) is 11.5 Å². The average Bonchev–Trinajstić information content (AvgIpc) is 3.64. The number of imidazole rings is 1. The molecular formula is C37H51Cl3N6O3. The van der Waals surface area contributed by atoms with Crippen molar-refractivity contribution in [1.29, 1.82) is 0 Å². The van der Waals surface area contributed by atoms with Gasteiger partial charge in [-0.1, -0.05) is 50.1 Å². The summed E-state index contributed by atoms with van der Waals surface area (Å²) in [6, 6.07) is 22.4. The van der Waals surface area contributed by atoms with E-state index < -0.39 is 0 Å². The molecule has 1 aliphatic rings. The van der Waals surface area contributed by atoms with E-state index >= 15 is 0 Å². The predicted molar refractivity (Wildman–Crippen MR) is 207 cm³/mol. The van der Waals surface area contributed by atoms with Crippen molar-refractivity contribution in [1.82, 2.24) is 19.4 Å². The molecule has 5 rings (SSSR count). The first kappa shape index (κ1) is 41.5. The van der Waals surface area contributed by atoms with E-state index in [0.717, 1.165) is 86.7 Å². The minimum absolute atomic E-state index is 0. The number of para-hydroxylation sites is 2. The van der Waals surface area contributed by atoms with Crippen LogP contribution in [0.1, 0.15) is 43.7 Å². The number of benzene rings is 3. The van der Waals surface area contributed by atoms with Gasteiger partial charge in [0.25, 0.3) is 0 Å². The SMILES string of the molecule is CCCCCN(Cc1cc(-n2ccnc2)ccc1OC)C(=O)Nc1c(C)cccc1OCCCN1CCN(c2ccccc2)CC1.Cl.Cl.Cl. The predicted octanol–water partition coefficient (Wildman–Crippen LogP) is 8.27. The third-order valence-electron chi connectivity index (χ3n) is 8.58. The molecule has 3 aromatic carbocycles. The lowest BCUT2D eigenvalue weighted by molar-refractivity contribution is 0.206. The fourth-order valence-electron chi connectivity index (χ4n) is 5.92. The molecule has 0 radical (unpaired) electrons. The van der Waals surface area contributed by atoms with Gasteiger partial charge in [-0.05, 0) is 61.7 Å². The Bertz CT molecular complexity index is 1520. The third-order valence-corrected chi connectivity index (χ3v) is 8.58. The number of nitrogens with one attached hydrogen (secondary N) is 1. The summed E-state index contributed by atoms with van der Waals surface area (Å²) < 4.78 is 13.9. The number of hydrogen-bond donors (Lipinski definition) is 1. The number of aromatic nitrogens is 2. The second-order valence-electron chi connectivity index (χ2n) is 11.8. The highest BCUT2D eigenvalue weighted by atomic mass is 35.5. The van der Waals surface area contributed by atoms with Gasteiger partial charge in [-0.25, -0.2) is 9.78 Å².